The predicted molar refractivity (Wildman–Crippen MR) is 99.7 cm³/mol. The smallest absolute Gasteiger partial charge is 0.322 e. The molecule has 1 heterocycles. The second-order valence-electron chi connectivity index (χ2n) is 6.38. The number of aliphatic hydroxyl groups is 1. The summed E-state index contributed by atoms with van der Waals surface area (Å²) in [5.74, 6) is -0.112. The number of rotatable bonds is 5. The molecule has 0 radical (unpaired) electrons. The van der Waals surface area contributed by atoms with Crippen LogP contribution in [-0.4, -0.2) is 28.5 Å². The Bertz CT molecular complexity index is 802. The molecule has 0 unspecified atom stereocenters. The molecule has 26 heavy (non-hydrogen) atoms. The maximum atomic E-state index is 12.5. The first-order valence-electron chi connectivity index (χ1n) is 8.76. The fourth-order valence-electron chi connectivity index (χ4n) is 2.94. The average Bonchev–Trinajstić information content (AvgIpc) is 3.10. The highest BCUT2D eigenvalue weighted by Gasteiger charge is 2.23. The van der Waals surface area contributed by atoms with Crippen LogP contribution in [0.15, 0.2) is 42.5 Å². The Kier molecular flexibility index (Phi) is 5.53. The topological polar surface area (TPSA) is 81.7 Å². The van der Waals surface area contributed by atoms with E-state index in [1.54, 1.807) is 29.2 Å². The van der Waals surface area contributed by atoms with Gasteiger partial charge in [0.05, 0.1) is 6.61 Å². The molecule has 3 rings (SSSR count). The lowest BCUT2D eigenvalue weighted by molar-refractivity contribution is 0.0953. The molecule has 0 aliphatic carbocycles. The van der Waals surface area contributed by atoms with Crippen molar-refractivity contribution in [2.24, 2.45) is 0 Å². The van der Waals surface area contributed by atoms with Gasteiger partial charge in [0, 0.05) is 30.9 Å². The van der Waals surface area contributed by atoms with Crippen LogP contribution in [0.2, 0.25) is 0 Å². The molecule has 0 saturated heterocycles. The first kappa shape index (κ1) is 17.9. The first-order chi connectivity index (χ1) is 12.6. The third kappa shape index (κ3) is 4.03. The summed E-state index contributed by atoms with van der Waals surface area (Å²) >= 11 is 0. The molecule has 3 amide bonds. The number of hydrogen-bond acceptors (Lipinski definition) is 3. The fraction of sp³-hybridized carbons (Fsp3) is 0.300. The van der Waals surface area contributed by atoms with Gasteiger partial charge >= 0.3 is 6.03 Å². The van der Waals surface area contributed by atoms with Gasteiger partial charge in [-0.3, -0.25) is 4.79 Å². The summed E-state index contributed by atoms with van der Waals surface area (Å²) in [5.41, 5.74) is 4.23. The van der Waals surface area contributed by atoms with Crippen LogP contribution in [0.5, 0.6) is 0 Å². The first-order valence-corrected chi connectivity index (χ1v) is 8.76. The molecular weight excluding hydrogens is 330 g/mol. The predicted octanol–water partition coefficient (Wildman–Crippen LogP) is 2.87. The SMILES string of the molecule is CCCNC(=O)c1ccc(NC(=O)N2Cc3ccc(CO)cc3C2)cc1. The zero-order chi connectivity index (χ0) is 18.5. The van der Waals surface area contributed by atoms with Crippen molar-refractivity contribution in [2.45, 2.75) is 33.0 Å². The van der Waals surface area contributed by atoms with E-state index in [0.717, 1.165) is 23.1 Å². The number of nitrogens with zero attached hydrogens (tertiary/aromatic N) is 1. The van der Waals surface area contributed by atoms with Gasteiger partial charge in [-0.05, 0) is 47.4 Å². The molecule has 2 aromatic rings. The minimum absolute atomic E-state index is 0.00232. The molecule has 1 aliphatic rings. The van der Waals surface area contributed by atoms with Crippen LogP contribution < -0.4 is 10.6 Å². The number of benzene rings is 2. The zero-order valence-corrected chi connectivity index (χ0v) is 14.8. The van der Waals surface area contributed by atoms with Crippen molar-refractivity contribution in [2.75, 3.05) is 11.9 Å². The van der Waals surface area contributed by atoms with Crippen molar-refractivity contribution in [3.8, 4) is 0 Å². The highest BCUT2D eigenvalue weighted by atomic mass is 16.3. The molecule has 0 fully saturated rings. The van der Waals surface area contributed by atoms with E-state index in [-0.39, 0.29) is 18.5 Å². The molecule has 0 aromatic heterocycles. The second kappa shape index (κ2) is 8.01. The van der Waals surface area contributed by atoms with Gasteiger partial charge in [0.15, 0.2) is 0 Å². The van der Waals surface area contributed by atoms with Crippen LogP contribution in [0, 0.1) is 0 Å². The van der Waals surface area contributed by atoms with Gasteiger partial charge in [-0.15, -0.1) is 0 Å². The summed E-state index contributed by atoms with van der Waals surface area (Å²) in [4.78, 5) is 26.1. The van der Waals surface area contributed by atoms with Crippen LogP contribution in [0.3, 0.4) is 0 Å². The van der Waals surface area contributed by atoms with Gasteiger partial charge in [0.2, 0.25) is 0 Å². The van der Waals surface area contributed by atoms with Crippen molar-refractivity contribution in [1.82, 2.24) is 10.2 Å². The fourth-order valence-corrected chi connectivity index (χ4v) is 2.94. The van der Waals surface area contributed by atoms with Gasteiger partial charge in [-0.2, -0.15) is 0 Å². The molecule has 6 nitrogen and oxygen atoms in total. The number of carbonyl (C=O) groups excluding carboxylic acids is 2. The van der Waals surface area contributed by atoms with E-state index in [9.17, 15) is 14.7 Å². The lowest BCUT2D eigenvalue weighted by Gasteiger charge is -2.16. The Labute approximate surface area is 152 Å². The molecule has 0 saturated carbocycles. The van der Waals surface area contributed by atoms with Crippen LogP contribution in [0.4, 0.5) is 10.5 Å². The summed E-state index contributed by atoms with van der Waals surface area (Å²) < 4.78 is 0. The normalized spacial score (nSPS) is 12.6. The van der Waals surface area contributed by atoms with E-state index in [2.05, 4.69) is 10.6 Å². The molecule has 3 N–H and O–H groups in total. The Morgan fingerprint density at radius 1 is 1.08 bits per heavy atom. The van der Waals surface area contributed by atoms with Gasteiger partial charge in [-0.25, -0.2) is 4.79 Å². The number of urea groups is 1. The monoisotopic (exact) mass is 353 g/mol. The van der Waals surface area contributed by atoms with Crippen molar-refractivity contribution in [3.63, 3.8) is 0 Å². The van der Waals surface area contributed by atoms with E-state index in [4.69, 9.17) is 0 Å². The van der Waals surface area contributed by atoms with Gasteiger partial charge < -0.3 is 20.6 Å². The van der Waals surface area contributed by atoms with Crippen molar-refractivity contribution < 1.29 is 14.7 Å². The number of hydrogen-bond donors (Lipinski definition) is 3. The summed E-state index contributed by atoms with van der Waals surface area (Å²) in [6.07, 6.45) is 0.887. The van der Waals surface area contributed by atoms with E-state index in [0.29, 0.717) is 30.9 Å². The highest BCUT2D eigenvalue weighted by molar-refractivity contribution is 5.95. The van der Waals surface area contributed by atoms with Gasteiger partial charge in [0.1, 0.15) is 0 Å². The van der Waals surface area contributed by atoms with Crippen LogP contribution in [0.25, 0.3) is 0 Å². The molecule has 0 spiro atoms. The van der Waals surface area contributed by atoms with E-state index in [1.165, 1.54) is 0 Å². The third-order valence-electron chi connectivity index (χ3n) is 4.40. The molecule has 6 heteroatoms. The van der Waals surface area contributed by atoms with E-state index >= 15 is 0 Å². The molecule has 0 bridgehead atoms. The van der Waals surface area contributed by atoms with Crippen LogP contribution >= 0.6 is 0 Å². The average molecular weight is 353 g/mol. The largest absolute Gasteiger partial charge is 0.392 e. The molecule has 2 aromatic carbocycles. The maximum absolute atomic E-state index is 12.5. The van der Waals surface area contributed by atoms with E-state index < -0.39 is 0 Å². The molecular formula is C20H23N3O3. The van der Waals surface area contributed by atoms with Gasteiger partial charge in [-0.1, -0.05) is 25.1 Å². The maximum Gasteiger partial charge on any atom is 0.322 e. The number of anilines is 1. The number of nitrogens with one attached hydrogen (secondary N) is 2. The molecule has 136 valence electrons. The Morgan fingerprint density at radius 2 is 1.81 bits per heavy atom. The zero-order valence-electron chi connectivity index (χ0n) is 14.8. The second-order valence-corrected chi connectivity index (χ2v) is 6.38. The Balaban J connectivity index is 1.59. The minimum atomic E-state index is -0.185. The number of fused-ring (bicyclic) bond motifs is 1. The van der Waals surface area contributed by atoms with Crippen LogP contribution in [0.1, 0.15) is 40.4 Å². The summed E-state index contributed by atoms with van der Waals surface area (Å²) in [5, 5.41) is 14.9. The summed E-state index contributed by atoms with van der Waals surface area (Å²) in [6.45, 7) is 3.71. The minimum Gasteiger partial charge on any atom is -0.392 e. The quantitative estimate of drug-likeness (QED) is 0.773. The van der Waals surface area contributed by atoms with Crippen LogP contribution in [-0.2, 0) is 19.7 Å². The highest BCUT2D eigenvalue weighted by Crippen LogP contribution is 2.24. The lowest BCUT2D eigenvalue weighted by Crippen LogP contribution is -2.30. The standard InChI is InChI=1S/C20H23N3O3/c1-2-9-21-19(25)15-5-7-18(8-6-15)22-20(26)23-11-16-4-3-14(13-24)10-17(16)12-23/h3-8,10,24H,2,9,11-13H2,1H3,(H,21,25)(H,22,26). The van der Waals surface area contributed by atoms with Crippen molar-refractivity contribution in [3.05, 3.63) is 64.7 Å². The van der Waals surface area contributed by atoms with E-state index in [1.807, 2.05) is 25.1 Å². The summed E-state index contributed by atoms with van der Waals surface area (Å²) in [7, 11) is 0. The third-order valence-corrected chi connectivity index (χ3v) is 4.40. The Morgan fingerprint density at radius 3 is 2.50 bits per heavy atom. The Hall–Kier alpha value is -2.86. The van der Waals surface area contributed by atoms with Crippen molar-refractivity contribution >= 4 is 17.6 Å². The molecule has 0 atom stereocenters. The summed E-state index contributed by atoms with van der Waals surface area (Å²) in [6, 6.07) is 12.4. The van der Waals surface area contributed by atoms with Crippen molar-refractivity contribution in [1.29, 1.82) is 0 Å². The lowest BCUT2D eigenvalue weighted by atomic mass is 10.1. The molecule has 1 aliphatic heterocycles. The number of aliphatic hydroxyl groups excluding tert-OH is 1. The van der Waals surface area contributed by atoms with Gasteiger partial charge in [0.25, 0.3) is 5.91 Å². The number of carbonyl (C=O) groups is 2. The number of amides is 3.